The predicted octanol–water partition coefficient (Wildman–Crippen LogP) is 5.49. The fraction of sp³-hybridized carbons (Fsp3) is 0.200. The lowest BCUT2D eigenvalue weighted by Crippen LogP contribution is -2.13. The third-order valence-electron chi connectivity index (χ3n) is 6.05. The molecule has 0 spiro atoms. The molecule has 10 heteroatoms. The van der Waals surface area contributed by atoms with Crippen LogP contribution in [0.5, 0.6) is 5.75 Å². The van der Waals surface area contributed by atoms with Crippen LogP contribution in [0.3, 0.4) is 0 Å². The van der Waals surface area contributed by atoms with Gasteiger partial charge in [0.1, 0.15) is 5.75 Å². The van der Waals surface area contributed by atoms with Gasteiger partial charge < -0.3 is 14.8 Å². The Morgan fingerprint density at radius 3 is 2.43 bits per heavy atom. The first-order valence-electron chi connectivity index (χ1n) is 11.0. The van der Waals surface area contributed by atoms with Gasteiger partial charge in [-0.1, -0.05) is 18.2 Å². The number of phenols is 1. The molecule has 3 aromatic carbocycles. The predicted molar refractivity (Wildman–Crippen MR) is 137 cm³/mol. The lowest BCUT2D eigenvalue weighted by molar-refractivity contribution is 0.466. The van der Waals surface area contributed by atoms with Crippen molar-refractivity contribution in [3.05, 3.63) is 82.2 Å². The Hall–Kier alpha value is -3.63. The van der Waals surface area contributed by atoms with Crippen molar-refractivity contribution >= 4 is 33.6 Å². The third kappa shape index (κ3) is 4.94. The van der Waals surface area contributed by atoms with E-state index in [4.69, 9.17) is 16.6 Å². The van der Waals surface area contributed by atoms with Gasteiger partial charge in [0.15, 0.2) is 0 Å². The fourth-order valence-corrected chi connectivity index (χ4v) is 5.37. The summed E-state index contributed by atoms with van der Waals surface area (Å²) in [5.41, 5.74) is 4.73. The number of hydrogen-bond donors (Lipinski definition) is 4. The number of nitrogens with one attached hydrogen (secondary N) is 3. The lowest BCUT2D eigenvalue weighted by Gasteiger charge is -2.12. The van der Waals surface area contributed by atoms with Crippen molar-refractivity contribution in [2.24, 2.45) is 0 Å². The van der Waals surface area contributed by atoms with E-state index in [2.05, 4.69) is 20.2 Å². The van der Waals surface area contributed by atoms with E-state index in [0.29, 0.717) is 28.8 Å². The van der Waals surface area contributed by atoms with E-state index in [9.17, 15) is 13.5 Å². The number of benzene rings is 3. The Bertz CT molecular complexity index is 1540. The van der Waals surface area contributed by atoms with Gasteiger partial charge in [0.2, 0.25) is 5.89 Å². The van der Waals surface area contributed by atoms with Crippen molar-refractivity contribution < 1.29 is 17.9 Å². The topological polar surface area (TPSA) is 120 Å². The van der Waals surface area contributed by atoms with Crippen LogP contribution in [0.2, 0.25) is 0 Å². The smallest absolute Gasteiger partial charge is 0.284 e. The second-order valence-electron chi connectivity index (χ2n) is 8.73. The molecule has 8 nitrogen and oxygen atoms in total. The van der Waals surface area contributed by atoms with Crippen LogP contribution in [0, 0.1) is 18.7 Å². The van der Waals surface area contributed by atoms with Gasteiger partial charge in [0.05, 0.1) is 4.90 Å². The van der Waals surface area contributed by atoms with E-state index in [0.717, 1.165) is 23.2 Å². The summed E-state index contributed by atoms with van der Waals surface area (Å²) in [6.45, 7) is 3.80. The molecule has 0 radical (unpaired) electrons. The first-order chi connectivity index (χ1) is 16.7. The van der Waals surface area contributed by atoms with Crippen LogP contribution in [0.15, 0.2) is 70.0 Å². The maximum Gasteiger partial charge on any atom is 0.284 e. The Morgan fingerprint density at radius 1 is 1.06 bits per heavy atom. The molecule has 1 fully saturated rings. The first kappa shape index (κ1) is 23.1. The number of phenolic OH excluding ortho intramolecular Hbond substituents is 1. The molecule has 0 saturated heterocycles. The summed E-state index contributed by atoms with van der Waals surface area (Å²) in [6.07, 6.45) is 0.945. The molecule has 0 bridgehead atoms. The Morgan fingerprint density at radius 2 is 1.77 bits per heavy atom. The number of aromatic hydroxyl groups is 1. The molecule has 4 N–H and O–H groups in total. The Kier molecular flexibility index (Phi) is 5.86. The summed E-state index contributed by atoms with van der Waals surface area (Å²) in [5, 5.41) is 20.0. The van der Waals surface area contributed by atoms with Gasteiger partial charge in [-0.25, -0.2) is 13.5 Å². The van der Waals surface area contributed by atoms with Crippen LogP contribution in [0.25, 0.3) is 11.5 Å². The number of aryl methyl sites for hydroxylation is 2. The highest BCUT2D eigenvalue weighted by molar-refractivity contribution is 7.92. The van der Waals surface area contributed by atoms with Crippen LogP contribution in [-0.4, -0.2) is 29.8 Å². The van der Waals surface area contributed by atoms with E-state index in [-0.39, 0.29) is 15.8 Å². The van der Waals surface area contributed by atoms with Crippen molar-refractivity contribution in [3.8, 4) is 17.2 Å². The number of rotatable bonds is 7. The zero-order valence-electron chi connectivity index (χ0n) is 19.1. The van der Waals surface area contributed by atoms with E-state index in [1.807, 2.05) is 32.0 Å². The second-order valence-corrected chi connectivity index (χ2v) is 10.8. The molecule has 1 aromatic heterocycles. The van der Waals surface area contributed by atoms with Crippen LogP contribution in [0.4, 0.5) is 11.4 Å². The highest BCUT2D eigenvalue weighted by Crippen LogP contribution is 2.44. The van der Waals surface area contributed by atoms with E-state index >= 15 is 0 Å². The summed E-state index contributed by atoms with van der Waals surface area (Å²) in [5.74, 6) is 0.989. The SMILES string of the molecule is Cc1cc(C2CC2Nc2cccc(S(=O)(=O)Nc3ccc(-c4n[nH]c(=S)o4)cc3)c2)cc(C)c1O. The second kappa shape index (κ2) is 8.86. The quantitative estimate of drug-likeness (QED) is 0.244. The minimum atomic E-state index is -3.79. The average molecular weight is 509 g/mol. The van der Waals surface area contributed by atoms with Crippen molar-refractivity contribution in [3.63, 3.8) is 0 Å². The highest BCUT2D eigenvalue weighted by Gasteiger charge is 2.38. The van der Waals surface area contributed by atoms with Crippen LogP contribution in [-0.2, 0) is 10.0 Å². The van der Waals surface area contributed by atoms with Crippen LogP contribution >= 0.6 is 12.2 Å². The molecule has 2 atom stereocenters. The number of aromatic amines is 1. The maximum atomic E-state index is 13.0. The van der Waals surface area contributed by atoms with E-state index in [1.165, 1.54) is 5.56 Å². The normalized spacial score (nSPS) is 17.2. The number of aromatic nitrogens is 2. The van der Waals surface area contributed by atoms with Gasteiger partial charge in [-0.2, -0.15) is 0 Å². The van der Waals surface area contributed by atoms with Gasteiger partial charge in [-0.3, -0.25) is 4.72 Å². The van der Waals surface area contributed by atoms with Gasteiger partial charge in [0, 0.05) is 28.9 Å². The molecule has 180 valence electrons. The lowest BCUT2D eigenvalue weighted by atomic mass is 10.0. The molecule has 1 saturated carbocycles. The van der Waals surface area contributed by atoms with Crippen molar-refractivity contribution in [1.29, 1.82) is 0 Å². The minimum absolute atomic E-state index is 0.165. The molecule has 0 aliphatic heterocycles. The van der Waals surface area contributed by atoms with Crippen LogP contribution < -0.4 is 10.0 Å². The van der Waals surface area contributed by atoms with E-state index < -0.39 is 10.0 Å². The molecule has 2 unspecified atom stereocenters. The zero-order valence-corrected chi connectivity index (χ0v) is 20.7. The maximum absolute atomic E-state index is 13.0. The fourth-order valence-electron chi connectivity index (χ4n) is 4.14. The molecule has 1 aliphatic rings. The molecule has 1 heterocycles. The standard InChI is InChI=1S/C25H24N4O4S2/c1-14-10-17(11-15(2)23(14)30)21-13-22(21)26-19-4-3-5-20(12-19)35(31,32)29-18-8-6-16(7-9-18)24-27-28-25(34)33-24/h3-12,21-22,26,29-30H,13H2,1-2H3,(H,28,34). The summed E-state index contributed by atoms with van der Waals surface area (Å²) in [7, 11) is -3.79. The van der Waals surface area contributed by atoms with Gasteiger partial charge in [-0.05, 0) is 91.6 Å². The van der Waals surface area contributed by atoms with Gasteiger partial charge in [-0.15, -0.1) is 5.10 Å². The molecular formula is C25H24N4O4S2. The van der Waals surface area contributed by atoms with Crippen molar-refractivity contribution in [1.82, 2.24) is 10.2 Å². The number of hydrogen-bond acceptors (Lipinski definition) is 7. The number of sulfonamides is 1. The molecular weight excluding hydrogens is 484 g/mol. The Balaban J connectivity index is 1.27. The molecule has 5 rings (SSSR count). The summed E-state index contributed by atoms with van der Waals surface area (Å²) in [6, 6.07) is 17.7. The molecule has 35 heavy (non-hydrogen) atoms. The largest absolute Gasteiger partial charge is 0.507 e. The molecule has 0 amide bonds. The number of anilines is 2. The van der Waals surface area contributed by atoms with Gasteiger partial charge >= 0.3 is 0 Å². The minimum Gasteiger partial charge on any atom is -0.507 e. The highest BCUT2D eigenvalue weighted by atomic mass is 32.2. The molecule has 1 aliphatic carbocycles. The summed E-state index contributed by atoms with van der Waals surface area (Å²) < 4.78 is 33.9. The summed E-state index contributed by atoms with van der Waals surface area (Å²) in [4.78, 5) is 0.335. The van der Waals surface area contributed by atoms with Crippen LogP contribution in [0.1, 0.15) is 29.0 Å². The van der Waals surface area contributed by atoms with Crippen molar-refractivity contribution in [2.45, 2.75) is 37.1 Å². The number of nitrogens with zero attached hydrogens (tertiary/aromatic N) is 1. The van der Waals surface area contributed by atoms with E-state index in [1.54, 1.807) is 42.5 Å². The Labute approximate surface area is 208 Å². The molecule has 4 aromatic rings. The van der Waals surface area contributed by atoms with Gasteiger partial charge in [0.25, 0.3) is 14.9 Å². The average Bonchev–Trinajstić information content (AvgIpc) is 3.46. The third-order valence-corrected chi connectivity index (χ3v) is 7.60. The monoisotopic (exact) mass is 508 g/mol. The first-order valence-corrected chi connectivity index (χ1v) is 12.9. The van der Waals surface area contributed by atoms with Crippen molar-refractivity contribution in [2.75, 3.05) is 10.0 Å². The number of H-pyrrole nitrogens is 1. The summed E-state index contributed by atoms with van der Waals surface area (Å²) >= 11 is 4.88. The zero-order chi connectivity index (χ0) is 24.7.